The molecule has 0 saturated heterocycles. The van der Waals surface area contributed by atoms with Crippen LogP contribution in [-0.4, -0.2) is 18.2 Å². The third kappa shape index (κ3) is 5.84. The molecular weight excluding hydrogens is 532 g/mol. The van der Waals surface area contributed by atoms with Crippen LogP contribution in [0.3, 0.4) is 0 Å². The van der Waals surface area contributed by atoms with Gasteiger partial charge in [0.05, 0.1) is 17.9 Å². The summed E-state index contributed by atoms with van der Waals surface area (Å²) >= 11 is 0. The SMILES string of the molecule is C=CCc1cc(/C=C2\C(=O)N(c3ccccc3)N=C2c2ccccc2)cc(OCC)c1OCc1cccc2ccccc12. The van der Waals surface area contributed by atoms with Crippen LogP contribution < -0.4 is 14.5 Å². The van der Waals surface area contributed by atoms with E-state index >= 15 is 0 Å². The van der Waals surface area contributed by atoms with Crippen LogP contribution >= 0.6 is 0 Å². The molecule has 5 aromatic carbocycles. The van der Waals surface area contributed by atoms with Crippen LogP contribution in [0.15, 0.2) is 139 Å². The summed E-state index contributed by atoms with van der Waals surface area (Å²) in [7, 11) is 0. The van der Waals surface area contributed by atoms with Gasteiger partial charge in [0.25, 0.3) is 5.91 Å². The molecule has 1 heterocycles. The van der Waals surface area contributed by atoms with Crippen molar-refractivity contribution in [2.24, 2.45) is 5.10 Å². The van der Waals surface area contributed by atoms with Gasteiger partial charge in [-0.1, -0.05) is 97.1 Å². The van der Waals surface area contributed by atoms with E-state index in [1.54, 1.807) is 0 Å². The fourth-order valence-corrected chi connectivity index (χ4v) is 5.33. The number of allylic oxidation sites excluding steroid dienone is 1. The van der Waals surface area contributed by atoms with Gasteiger partial charge < -0.3 is 9.47 Å². The van der Waals surface area contributed by atoms with Crippen LogP contribution in [0, 0.1) is 0 Å². The zero-order valence-electron chi connectivity index (χ0n) is 24.1. The molecule has 1 amide bonds. The Labute approximate surface area is 252 Å². The molecular formula is C38H32N2O3. The fraction of sp³-hybridized carbons (Fsp3) is 0.105. The van der Waals surface area contributed by atoms with Gasteiger partial charge >= 0.3 is 0 Å². The quantitative estimate of drug-likeness (QED) is 0.126. The number of hydrazone groups is 1. The number of amides is 1. The summed E-state index contributed by atoms with van der Waals surface area (Å²) in [6.07, 6.45) is 4.31. The lowest BCUT2D eigenvalue weighted by Crippen LogP contribution is -2.21. The van der Waals surface area contributed by atoms with Crippen molar-refractivity contribution in [1.29, 1.82) is 0 Å². The Kier molecular flexibility index (Phi) is 8.14. The number of hydrogen-bond acceptors (Lipinski definition) is 4. The second-order valence-corrected chi connectivity index (χ2v) is 10.2. The van der Waals surface area contributed by atoms with Crippen LogP contribution in [0.1, 0.15) is 29.2 Å². The zero-order chi connectivity index (χ0) is 29.6. The molecule has 0 aliphatic carbocycles. The summed E-state index contributed by atoms with van der Waals surface area (Å²) in [5, 5.41) is 8.56. The van der Waals surface area contributed by atoms with E-state index in [9.17, 15) is 4.79 Å². The monoisotopic (exact) mass is 564 g/mol. The van der Waals surface area contributed by atoms with E-state index in [4.69, 9.17) is 14.6 Å². The van der Waals surface area contributed by atoms with Crippen molar-refractivity contribution in [3.8, 4) is 11.5 Å². The molecule has 0 radical (unpaired) electrons. The molecule has 43 heavy (non-hydrogen) atoms. The number of carbonyl (C=O) groups excluding carboxylic acids is 1. The smallest absolute Gasteiger partial charge is 0.281 e. The Balaban J connectivity index is 1.40. The number of benzene rings is 5. The molecule has 0 unspecified atom stereocenters. The standard InChI is InChI=1S/C38H32N2O3/c1-3-14-30-23-27(25-35(42-4-2)37(30)43-26-31-19-13-18-28-15-11-12-22-33(28)31)24-34-36(29-16-7-5-8-17-29)39-40(38(34)41)32-20-9-6-10-21-32/h3,5-13,15-25H,1,4,14,26H2,2H3/b34-24-. The number of rotatable bonds is 10. The van der Waals surface area contributed by atoms with Crippen LogP contribution in [0.25, 0.3) is 16.8 Å². The third-order valence-corrected chi connectivity index (χ3v) is 7.31. The van der Waals surface area contributed by atoms with Gasteiger partial charge in [-0.05, 0) is 65.6 Å². The summed E-state index contributed by atoms with van der Waals surface area (Å²) in [4.78, 5) is 13.8. The summed E-state index contributed by atoms with van der Waals surface area (Å²) in [5.41, 5.74) is 5.55. The number of nitrogens with zero attached hydrogens (tertiary/aromatic N) is 2. The average molecular weight is 565 g/mol. The molecule has 5 aromatic rings. The van der Waals surface area contributed by atoms with Crippen molar-refractivity contribution < 1.29 is 14.3 Å². The molecule has 0 fully saturated rings. The van der Waals surface area contributed by atoms with Gasteiger partial charge in [-0.3, -0.25) is 4.79 Å². The fourth-order valence-electron chi connectivity index (χ4n) is 5.33. The largest absolute Gasteiger partial charge is 0.490 e. The average Bonchev–Trinajstić information content (AvgIpc) is 3.37. The first-order chi connectivity index (χ1) is 21.2. The second kappa shape index (κ2) is 12.6. The number of anilines is 1. The van der Waals surface area contributed by atoms with Crippen molar-refractivity contribution in [3.05, 3.63) is 156 Å². The first-order valence-corrected chi connectivity index (χ1v) is 14.4. The molecule has 0 aromatic heterocycles. The Morgan fingerprint density at radius 3 is 2.30 bits per heavy atom. The van der Waals surface area contributed by atoms with E-state index in [2.05, 4.69) is 30.8 Å². The molecule has 1 aliphatic heterocycles. The molecule has 1 aliphatic rings. The van der Waals surface area contributed by atoms with Gasteiger partial charge in [-0.25, -0.2) is 0 Å². The predicted octanol–water partition coefficient (Wildman–Crippen LogP) is 8.38. The number of para-hydroxylation sites is 1. The van der Waals surface area contributed by atoms with Crippen LogP contribution in [0.2, 0.25) is 0 Å². The van der Waals surface area contributed by atoms with E-state index in [0.29, 0.717) is 48.1 Å². The third-order valence-electron chi connectivity index (χ3n) is 7.31. The highest BCUT2D eigenvalue weighted by molar-refractivity contribution is 6.37. The highest BCUT2D eigenvalue weighted by Gasteiger charge is 2.32. The minimum absolute atomic E-state index is 0.190. The molecule has 5 heteroatoms. The van der Waals surface area contributed by atoms with Gasteiger partial charge in [0, 0.05) is 11.1 Å². The number of hydrogen-bond donors (Lipinski definition) is 0. The Bertz CT molecular complexity index is 1840. The molecule has 212 valence electrons. The van der Waals surface area contributed by atoms with E-state index < -0.39 is 0 Å². The van der Waals surface area contributed by atoms with Crippen molar-refractivity contribution in [1.82, 2.24) is 0 Å². The zero-order valence-corrected chi connectivity index (χ0v) is 24.1. The van der Waals surface area contributed by atoms with Gasteiger partial charge in [0.1, 0.15) is 12.3 Å². The molecule has 0 atom stereocenters. The Hall–Kier alpha value is -5.42. The minimum atomic E-state index is -0.190. The van der Waals surface area contributed by atoms with E-state index in [-0.39, 0.29) is 5.91 Å². The van der Waals surface area contributed by atoms with Gasteiger partial charge in [0.2, 0.25) is 0 Å². The van der Waals surface area contributed by atoms with Crippen molar-refractivity contribution in [2.45, 2.75) is 20.0 Å². The first kappa shape index (κ1) is 27.7. The maximum Gasteiger partial charge on any atom is 0.281 e. The lowest BCUT2D eigenvalue weighted by Gasteiger charge is -2.18. The van der Waals surface area contributed by atoms with Crippen LogP contribution in [0.4, 0.5) is 5.69 Å². The summed E-state index contributed by atoms with van der Waals surface area (Å²) in [6, 6.07) is 37.8. The molecule has 6 rings (SSSR count). The maximum atomic E-state index is 13.8. The highest BCUT2D eigenvalue weighted by Crippen LogP contribution is 2.37. The summed E-state index contributed by atoms with van der Waals surface area (Å²) < 4.78 is 12.6. The van der Waals surface area contributed by atoms with E-state index in [0.717, 1.165) is 27.6 Å². The second-order valence-electron chi connectivity index (χ2n) is 10.2. The molecule has 5 nitrogen and oxygen atoms in total. The van der Waals surface area contributed by atoms with E-state index in [1.807, 2.05) is 110 Å². The topological polar surface area (TPSA) is 51.1 Å². The highest BCUT2D eigenvalue weighted by atomic mass is 16.5. The lowest BCUT2D eigenvalue weighted by molar-refractivity contribution is -0.114. The van der Waals surface area contributed by atoms with E-state index in [1.165, 1.54) is 10.4 Å². The summed E-state index contributed by atoms with van der Waals surface area (Å²) in [5.74, 6) is 1.11. The van der Waals surface area contributed by atoms with Crippen molar-refractivity contribution in [2.75, 3.05) is 11.6 Å². The molecule has 0 spiro atoms. The maximum absolute atomic E-state index is 13.8. The first-order valence-electron chi connectivity index (χ1n) is 14.4. The van der Waals surface area contributed by atoms with Gasteiger partial charge in [0.15, 0.2) is 11.5 Å². The lowest BCUT2D eigenvalue weighted by atomic mass is 9.98. The van der Waals surface area contributed by atoms with Gasteiger partial charge in [-0.15, -0.1) is 6.58 Å². The number of fused-ring (bicyclic) bond motifs is 1. The van der Waals surface area contributed by atoms with Crippen molar-refractivity contribution >= 4 is 34.2 Å². The normalized spacial score (nSPS) is 13.8. The minimum Gasteiger partial charge on any atom is -0.490 e. The molecule has 0 saturated carbocycles. The molecule has 0 N–H and O–H groups in total. The number of ether oxygens (including phenoxy) is 2. The van der Waals surface area contributed by atoms with Gasteiger partial charge in [-0.2, -0.15) is 10.1 Å². The Morgan fingerprint density at radius 2 is 1.53 bits per heavy atom. The van der Waals surface area contributed by atoms with Crippen LogP contribution in [-0.2, 0) is 17.8 Å². The summed E-state index contributed by atoms with van der Waals surface area (Å²) in [6.45, 7) is 6.79. The number of carbonyl (C=O) groups is 1. The van der Waals surface area contributed by atoms with Crippen molar-refractivity contribution in [3.63, 3.8) is 0 Å². The molecule has 0 bridgehead atoms. The predicted molar refractivity (Wildman–Crippen MR) is 175 cm³/mol. The Morgan fingerprint density at radius 1 is 0.814 bits per heavy atom. The van der Waals surface area contributed by atoms with Crippen LogP contribution in [0.5, 0.6) is 11.5 Å².